The number of nitrogen functional groups attached to an aromatic ring is 1. The molecule has 0 bridgehead atoms. The van der Waals surface area contributed by atoms with Crippen molar-refractivity contribution >= 4 is 44.0 Å². The third-order valence-electron chi connectivity index (χ3n) is 5.31. The summed E-state index contributed by atoms with van der Waals surface area (Å²) in [7, 11) is 0. The molecule has 0 atom stereocenters. The highest BCUT2D eigenvalue weighted by Crippen LogP contribution is 2.44. The Labute approximate surface area is 160 Å². The molecule has 148 valence electrons. The summed E-state index contributed by atoms with van der Waals surface area (Å²) in [4.78, 5) is 27.2. The first kappa shape index (κ1) is 17.6. The number of fused-ring (bicyclic) bond motifs is 2. The predicted octanol–water partition coefficient (Wildman–Crippen LogP) is 1.64. The number of hydrogen-bond acceptors (Lipinski definition) is 7. The molecule has 28 heavy (non-hydrogen) atoms. The van der Waals surface area contributed by atoms with Crippen molar-refractivity contribution in [3.05, 3.63) is 32.2 Å². The minimum atomic E-state index is -0.945. The number of nitrogens with zero attached hydrogens (tertiary/aromatic N) is 2. The quantitative estimate of drug-likeness (QED) is 0.449. The van der Waals surface area contributed by atoms with Crippen molar-refractivity contribution in [3.8, 4) is 0 Å². The van der Waals surface area contributed by atoms with E-state index in [2.05, 4.69) is 9.80 Å². The fourth-order valence-electron chi connectivity index (χ4n) is 3.88. The number of hydrazine groups is 1. The zero-order valence-electron chi connectivity index (χ0n) is 14.7. The maximum Gasteiger partial charge on any atom is 0.271 e. The Hall–Kier alpha value is -2.50. The highest BCUT2D eigenvalue weighted by Gasteiger charge is 2.34. The second-order valence-corrected chi connectivity index (χ2v) is 7.76. The van der Waals surface area contributed by atoms with Crippen LogP contribution in [0.2, 0.25) is 0 Å². The number of nitrogens with one attached hydrogen (secondary N) is 2. The normalized spacial score (nSPS) is 17.6. The van der Waals surface area contributed by atoms with Gasteiger partial charge in [0.1, 0.15) is 21.6 Å². The number of anilines is 2. The molecule has 4 N–H and O–H groups in total. The van der Waals surface area contributed by atoms with Gasteiger partial charge in [0, 0.05) is 19.1 Å². The van der Waals surface area contributed by atoms with Crippen LogP contribution in [0.5, 0.6) is 0 Å². The highest BCUT2D eigenvalue weighted by molar-refractivity contribution is 7.12. The van der Waals surface area contributed by atoms with Crippen molar-refractivity contribution in [2.24, 2.45) is 5.84 Å². The summed E-state index contributed by atoms with van der Waals surface area (Å²) in [5.74, 6) is 3.78. The third-order valence-corrected chi connectivity index (χ3v) is 6.19. The Morgan fingerprint density at radius 2 is 1.86 bits per heavy atom. The Morgan fingerprint density at radius 1 is 1.14 bits per heavy atom. The first-order chi connectivity index (χ1) is 13.5. The van der Waals surface area contributed by atoms with Crippen LogP contribution < -0.4 is 27.2 Å². The van der Waals surface area contributed by atoms with Crippen LogP contribution in [0.4, 0.5) is 20.2 Å². The van der Waals surface area contributed by atoms with Crippen LogP contribution in [0.1, 0.15) is 18.9 Å². The van der Waals surface area contributed by atoms with Gasteiger partial charge in [0.05, 0.1) is 24.1 Å². The number of hydrogen-bond donors (Lipinski definition) is 3. The van der Waals surface area contributed by atoms with E-state index >= 15 is 8.78 Å². The Kier molecular flexibility index (Phi) is 3.93. The van der Waals surface area contributed by atoms with Gasteiger partial charge in [0.2, 0.25) is 5.43 Å². The van der Waals surface area contributed by atoms with Crippen LogP contribution in [0.25, 0.3) is 21.1 Å². The van der Waals surface area contributed by atoms with E-state index in [1.54, 1.807) is 9.47 Å². The lowest BCUT2D eigenvalue weighted by Crippen LogP contribution is -2.38. The number of H-pyrrole nitrogens is 1. The number of nitrogens with two attached hydrogens (primary N) is 1. The van der Waals surface area contributed by atoms with Crippen molar-refractivity contribution < 1.29 is 13.5 Å². The van der Waals surface area contributed by atoms with Crippen LogP contribution in [0.15, 0.2) is 9.59 Å². The number of aromatic amines is 1. The molecule has 5 rings (SSSR count). The molecule has 0 unspecified atom stereocenters. The fourth-order valence-corrected chi connectivity index (χ4v) is 4.80. The lowest BCUT2D eigenvalue weighted by molar-refractivity contribution is 0.122. The highest BCUT2D eigenvalue weighted by atomic mass is 32.1. The van der Waals surface area contributed by atoms with Gasteiger partial charge in [-0.1, -0.05) is 0 Å². The van der Waals surface area contributed by atoms with E-state index in [1.165, 1.54) is 0 Å². The van der Waals surface area contributed by atoms with Crippen LogP contribution in [-0.4, -0.2) is 35.2 Å². The molecule has 2 fully saturated rings. The summed E-state index contributed by atoms with van der Waals surface area (Å²) in [5, 5.41) is -0.336. The van der Waals surface area contributed by atoms with Gasteiger partial charge in [0.15, 0.2) is 11.6 Å². The van der Waals surface area contributed by atoms with Crippen LogP contribution in [0, 0.1) is 11.6 Å². The molecule has 3 aromatic rings. The topological polar surface area (TPSA) is 105 Å². The molecule has 0 spiro atoms. The molecule has 8 nitrogen and oxygen atoms in total. The Bertz CT molecular complexity index is 1220. The summed E-state index contributed by atoms with van der Waals surface area (Å²) in [6.45, 7) is 1.32. The number of ether oxygens (including phenoxy) is 1. The maximum absolute atomic E-state index is 15.8. The van der Waals surface area contributed by atoms with Gasteiger partial charge in [-0.15, -0.1) is 0 Å². The lowest BCUT2D eigenvalue weighted by Gasteiger charge is -2.30. The minimum absolute atomic E-state index is 0.0221. The molecular formula is C17H17F2N5O3S. The average molecular weight is 409 g/mol. The summed E-state index contributed by atoms with van der Waals surface area (Å²) in [6, 6.07) is -0.0554. The molecule has 1 saturated heterocycles. The first-order valence-corrected chi connectivity index (χ1v) is 9.75. The zero-order chi connectivity index (χ0) is 19.6. The molecule has 2 aromatic heterocycles. The van der Waals surface area contributed by atoms with E-state index in [0.29, 0.717) is 31.1 Å². The van der Waals surface area contributed by atoms with Crippen molar-refractivity contribution in [2.45, 2.75) is 18.9 Å². The van der Waals surface area contributed by atoms with E-state index in [1.807, 2.05) is 0 Å². The van der Waals surface area contributed by atoms with Gasteiger partial charge in [-0.2, -0.15) is 0 Å². The number of benzene rings is 1. The van der Waals surface area contributed by atoms with Gasteiger partial charge < -0.3 is 19.6 Å². The summed E-state index contributed by atoms with van der Waals surface area (Å²) >= 11 is 0.985. The van der Waals surface area contributed by atoms with Crippen LogP contribution >= 0.6 is 11.5 Å². The standard InChI is InChI=1S/C17H17F2N5O3S/c18-10-12(21-20)8-13(11(19)14(10)23-3-5-27-6-4-23)24(7-1-2-7)17-9(15(8)25)16(26)22-28-17/h7,21H,1-6,20H2,(H,22,26). The van der Waals surface area contributed by atoms with E-state index in [-0.39, 0.29) is 33.7 Å². The van der Waals surface area contributed by atoms with Gasteiger partial charge in [0.25, 0.3) is 5.56 Å². The molecule has 0 amide bonds. The number of aromatic nitrogens is 2. The number of morpholine rings is 1. The average Bonchev–Trinajstić information content (AvgIpc) is 3.46. The molecule has 0 radical (unpaired) electrons. The van der Waals surface area contributed by atoms with Gasteiger partial charge in [-0.3, -0.25) is 19.8 Å². The van der Waals surface area contributed by atoms with Crippen molar-refractivity contribution in [1.82, 2.24) is 8.94 Å². The molecule has 1 saturated carbocycles. The van der Waals surface area contributed by atoms with E-state index in [4.69, 9.17) is 10.6 Å². The van der Waals surface area contributed by atoms with Crippen molar-refractivity contribution in [1.29, 1.82) is 0 Å². The number of rotatable bonds is 3. The molecule has 3 heterocycles. The monoisotopic (exact) mass is 409 g/mol. The molecule has 2 aliphatic rings. The largest absolute Gasteiger partial charge is 0.378 e. The minimum Gasteiger partial charge on any atom is -0.378 e. The molecule has 11 heteroatoms. The van der Waals surface area contributed by atoms with E-state index in [0.717, 1.165) is 24.4 Å². The van der Waals surface area contributed by atoms with Crippen molar-refractivity contribution in [3.63, 3.8) is 0 Å². The fraction of sp³-hybridized carbons (Fsp3) is 0.412. The Balaban J connectivity index is 1.98. The third kappa shape index (κ3) is 2.33. The van der Waals surface area contributed by atoms with Crippen LogP contribution in [0.3, 0.4) is 0 Å². The number of pyridine rings is 1. The Morgan fingerprint density at radius 3 is 2.50 bits per heavy atom. The molecular weight excluding hydrogens is 392 g/mol. The summed E-state index contributed by atoms with van der Waals surface area (Å²) < 4.78 is 40.5. The van der Waals surface area contributed by atoms with Crippen LogP contribution in [-0.2, 0) is 4.74 Å². The molecule has 1 aliphatic carbocycles. The first-order valence-electron chi connectivity index (χ1n) is 8.94. The van der Waals surface area contributed by atoms with Crippen molar-refractivity contribution in [2.75, 3.05) is 36.6 Å². The number of halogens is 2. The van der Waals surface area contributed by atoms with Gasteiger partial charge in [-0.25, -0.2) is 8.78 Å². The van der Waals surface area contributed by atoms with Gasteiger partial charge >= 0.3 is 0 Å². The van der Waals surface area contributed by atoms with E-state index < -0.39 is 22.6 Å². The predicted molar refractivity (Wildman–Crippen MR) is 103 cm³/mol. The maximum atomic E-state index is 15.8. The second-order valence-electron chi connectivity index (χ2n) is 6.96. The summed E-state index contributed by atoms with van der Waals surface area (Å²) in [5.41, 5.74) is 0.367. The van der Waals surface area contributed by atoms with E-state index in [9.17, 15) is 9.59 Å². The van der Waals surface area contributed by atoms with Gasteiger partial charge in [-0.05, 0) is 24.4 Å². The lowest BCUT2D eigenvalue weighted by atomic mass is 10.1. The summed E-state index contributed by atoms with van der Waals surface area (Å²) in [6.07, 6.45) is 1.57. The second kappa shape index (κ2) is 6.26. The SMILES string of the molecule is NNc1c(F)c(N2CCOCC2)c(F)c2c1c(=O)c1c(=O)[nH]sc1n2C1CC1. The molecule has 1 aliphatic heterocycles. The zero-order valence-corrected chi connectivity index (χ0v) is 15.5. The molecule has 1 aromatic carbocycles. The smallest absolute Gasteiger partial charge is 0.271 e.